The number of benzene rings is 1. The molecule has 1 heterocycles. The van der Waals surface area contributed by atoms with Gasteiger partial charge in [0, 0.05) is 10.8 Å². The van der Waals surface area contributed by atoms with Crippen LogP contribution in [0.2, 0.25) is 0 Å². The van der Waals surface area contributed by atoms with Crippen LogP contribution in [0.15, 0.2) is 29.2 Å². The fourth-order valence-corrected chi connectivity index (χ4v) is 3.78. The van der Waals surface area contributed by atoms with Crippen molar-refractivity contribution in [2.75, 3.05) is 18.4 Å². The van der Waals surface area contributed by atoms with E-state index in [0.717, 1.165) is 32.4 Å². The van der Waals surface area contributed by atoms with Crippen LogP contribution in [0.1, 0.15) is 19.3 Å². The minimum Gasteiger partial charge on any atom is -0.325 e. The highest BCUT2D eigenvalue weighted by Crippen LogP contribution is 2.58. The summed E-state index contributed by atoms with van der Waals surface area (Å²) in [6, 6.07) is 6.74. The smallest absolute Gasteiger partial charge is 0.288 e. The third kappa shape index (κ3) is 3.73. The number of para-hydroxylation sites is 1. The minimum absolute atomic E-state index is 0. The predicted octanol–water partition coefficient (Wildman–Crippen LogP) is 3.75. The molecule has 122 valence electrons. The molecule has 1 aromatic carbocycles. The van der Waals surface area contributed by atoms with Crippen molar-refractivity contribution in [1.82, 2.24) is 5.32 Å². The zero-order valence-electron chi connectivity index (χ0n) is 12.0. The molecule has 1 aliphatic carbocycles. The van der Waals surface area contributed by atoms with Gasteiger partial charge < -0.3 is 10.6 Å². The van der Waals surface area contributed by atoms with Gasteiger partial charge in [-0.25, -0.2) is 0 Å². The van der Waals surface area contributed by atoms with Crippen LogP contribution < -0.4 is 10.6 Å². The van der Waals surface area contributed by atoms with Crippen LogP contribution in [0.3, 0.4) is 0 Å². The number of rotatable bonds is 4. The summed E-state index contributed by atoms with van der Waals surface area (Å²) in [5.41, 5.74) is 0.643. The average molecular weight is 349 g/mol. The lowest BCUT2D eigenvalue weighted by Crippen LogP contribution is -2.31. The molecule has 2 N–H and O–H groups in total. The summed E-state index contributed by atoms with van der Waals surface area (Å²) in [5.74, 6) is -2.48. The molecule has 0 radical (unpaired) electrons. The molecule has 1 aromatic rings. The van der Waals surface area contributed by atoms with Gasteiger partial charge in [-0.3, -0.25) is 4.79 Å². The first-order chi connectivity index (χ1) is 10.1. The molecule has 1 atom stereocenters. The van der Waals surface area contributed by atoms with Crippen molar-refractivity contribution in [2.45, 2.75) is 29.9 Å². The Bertz CT molecular complexity index is 538. The number of carbonyl (C=O) groups is 1. The number of hydrogen-bond acceptors (Lipinski definition) is 3. The van der Waals surface area contributed by atoms with Gasteiger partial charge in [-0.1, -0.05) is 23.9 Å². The number of alkyl halides is 2. The highest BCUT2D eigenvalue weighted by molar-refractivity contribution is 7.99. The zero-order valence-corrected chi connectivity index (χ0v) is 13.6. The van der Waals surface area contributed by atoms with E-state index in [1.807, 2.05) is 0 Å². The Balaban J connectivity index is 0.00000176. The first-order valence-corrected chi connectivity index (χ1v) is 8.04. The summed E-state index contributed by atoms with van der Waals surface area (Å²) in [6.45, 7) is 1.92. The number of amides is 1. The largest absolute Gasteiger partial charge is 0.325 e. The number of hydrogen-bond donors (Lipinski definition) is 2. The number of nitrogens with one attached hydrogen (secondary N) is 2. The Morgan fingerprint density at radius 3 is 2.68 bits per heavy atom. The Labute approximate surface area is 139 Å². The van der Waals surface area contributed by atoms with Gasteiger partial charge in [0.05, 0.1) is 5.69 Å². The average Bonchev–Trinajstić information content (AvgIpc) is 3.15. The summed E-state index contributed by atoms with van der Waals surface area (Å²) in [7, 11) is 0. The molecule has 0 aromatic heterocycles. The van der Waals surface area contributed by atoms with Crippen LogP contribution in [0.4, 0.5) is 14.5 Å². The van der Waals surface area contributed by atoms with E-state index < -0.39 is 5.76 Å². The SMILES string of the molecule is Cl.O=C(Nc1ccccc1SC(F)F)C1CC12CCNCC2. The van der Waals surface area contributed by atoms with Crippen LogP contribution >= 0.6 is 24.2 Å². The third-order valence-corrected chi connectivity index (χ3v) is 5.25. The van der Waals surface area contributed by atoms with E-state index in [-0.39, 0.29) is 29.6 Å². The molecule has 1 unspecified atom stereocenters. The molecule has 2 fully saturated rings. The quantitative estimate of drug-likeness (QED) is 0.814. The molecule has 3 nitrogen and oxygen atoms in total. The molecule has 1 saturated carbocycles. The number of anilines is 1. The Morgan fingerprint density at radius 2 is 2.00 bits per heavy atom. The zero-order chi connectivity index (χ0) is 14.9. The van der Waals surface area contributed by atoms with E-state index in [4.69, 9.17) is 0 Å². The molecule has 1 spiro atoms. The van der Waals surface area contributed by atoms with E-state index in [0.29, 0.717) is 22.3 Å². The van der Waals surface area contributed by atoms with Gasteiger partial charge in [0.1, 0.15) is 0 Å². The number of halogens is 3. The van der Waals surface area contributed by atoms with E-state index in [1.54, 1.807) is 24.3 Å². The monoisotopic (exact) mass is 348 g/mol. The van der Waals surface area contributed by atoms with Crippen molar-refractivity contribution < 1.29 is 13.6 Å². The topological polar surface area (TPSA) is 41.1 Å². The van der Waals surface area contributed by atoms with E-state index in [2.05, 4.69) is 10.6 Å². The number of piperidine rings is 1. The highest BCUT2D eigenvalue weighted by atomic mass is 35.5. The van der Waals surface area contributed by atoms with Gasteiger partial charge in [-0.15, -0.1) is 12.4 Å². The Morgan fingerprint density at radius 1 is 1.32 bits per heavy atom. The van der Waals surface area contributed by atoms with E-state index >= 15 is 0 Å². The molecule has 7 heteroatoms. The summed E-state index contributed by atoms with van der Waals surface area (Å²) < 4.78 is 25.1. The lowest BCUT2D eigenvalue weighted by Gasteiger charge is -2.23. The summed E-state index contributed by atoms with van der Waals surface area (Å²) in [4.78, 5) is 12.8. The molecule has 1 aliphatic heterocycles. The maximum absolute atomic E-state index is 12.5. The van der Waals surface area contributed by atoms with Crippen LogP contribution in [0.5, 0.6) is 0 Å². The van der Waals surface area contributed by atoms with E-state index in [1.165, 1.54) is 0 Å². The maximum atomic E-state index is 12.5. The number of carbonyl (C=O) groups excluding carboxylic acids is 1. The second-order valence-corrected chi connectivity index (χ2v) is 6.76. The van der Waals surface area contributed by atoms with Crippen molar-refractivity contribution >= 4 is 35.8 Å². The van der Waals surface area contributed by atoms with Gasteiger partial charge in [-0.2, -0.15) is 8.78 Å². The molecule has 22 heavy (non-hydrogen) atoms. The van der Waals surface area contributed by atoms with Gasteiger partial charge in [0.2, 0.25) is 5.91 Å². The summed E-state index contributed by atoms with van der Waals surface area (Å²) >= 11 is 0.468. The van der Waals surface area contributed by atoms with Crippen LogP contribution in [-0.2, 0) is 4.79 Å². The van der Waals surface area contributed by atoms with E-state index in [9.17, 15) is 13.6 Å². The fourth-order valence-electron chi connectivity index (χ4n) is 3.18. The summed E-state index contributed by atoms with van der Waals surface area (Å²) in [5, 5.41) is 6.14. The predicted molar refractivity (Wildman–Crippen MR) is 86.8 cm³/mol. The Kier molecular flexibility index (Phi) is 5.69. The third-order valence-electron chi connectivity index (χ3n) is 4.47. The standard InChI is InChI=1S/C15H18F2N2OS.ClH/c16-14(17)21-12-4-2-1-3-11(12)19-13(20)10-9-15(10)5-7-18-8-6-15;/h1-4,10,14,18H,5-9H2,(H,19,20);1H. The van der Waals surface area contributed by atoms with Crippen molar-refractivity contribution in [3.8, 4) is 0 Å². The molecular formula is C15H19ClF2N2OS. The maximum Gasteiger partial charge on any atom is 0.288 e. The van der Waals surface area contributed by atoms with Crippen molar-refractivity contribution in [3.05, 3.63) is 24.3 Å². The second-order valence-electron chi connectivity index (χ2n) is 5.73. The number of thioether (sulfide) groups is 1. The van der Waals surface area contributed by atoms with Gasteiger partial charge in [0.15, 0.2) is 0 Å². The highest BCUT2D eigenvalue weighted by Gasteiger charge is 2.57. The molecule has 3 rings (SSSR count). The van der Waals surface area contributed by atoms with Crippen LogP contribution in [0.25, 0.3) is 0 Å². The van der Waals surface area contributed by atoms with Gasteiger partial charge >= 0.3 is 0 Å². The molecule has 1 amide bonds. The van der Waals surface area contributed by atoms with Crippen LogP contribution in [-0.4, -0.2) is 24.8 Å². The van der Waals surface area contributed by atoms with Gasteiger partial charge in [-0.05, 0) is 49.9 Å². The summed E-state index contributed by atoms with van der Waals surface area (Å²) in [6.07, 6.45) is 2.97. The first kappa shape index (κ1) is 17.5. The van der Waals surface area contributed by atoms with Crippen molar-refractivity contribution in [3.63, 3.8) is 0 Å². The first-order valence-electron chi connectivity index (χ1n) is 7.16. The van der Waals surface area contributed by atoms with Crippen molar-refractivity contribution in [1.29, 1.82) is 0 Å². The second kappa shape index (κ2) is 7.15. The molecule has 0 bridgehead atoms. The lowest BCUT2D eigenvalue weighted by atomic mass is 9.92. The fraction of sp³-hybridized carbons (Fsp3) is 0.533. The van der Waals surface area contributed by atoms with Crippen LogP contribution in [0, 0.1) is 11.3 Å². The Hall–Kier alpha value is -0.850. The molecule has 1 saturated heterocycles. The van der Waals surface area contributed by atoms with Gasteiger partial charge in [0.25, 0.3) is 5.76 Å². The van der Waals surface area contributed by atoms with Crippen molar-refractivity contribution in [2.24, 2.45) is 11.3 Å². The lowest BCUT2D eigenvalue weighted by molar-refractivity contribution is -0.118. The molecular weight excluding hydrogens is 330 g/mol. The normalized spacial score (nSPS) is 22.2. The minimum atomic E-state index is -2.49. The molecule has 2 aliphatic rings.